The number of nitrogens with one attached hydrogen (secondary N) is 1. The van der Waals surface area contributed by atoms with Gasteiger partial charge >= 0.3 is 0 Å². The van der Waals surface area contributed by atoms with Gasteiger partial charge in [-0.1, -0.05) is 79.7 Å². The molecule has 0 radical (unpaired) electrons. The third-order valence-corrected chi connectivity index (χ3v) is 16.2. The zero-order valence-electron chi connectivity index (χ0n) is 33.5. The highest BCUT2D eigenvalue weighted by molar-refractivity contribution is 6.71. The molecule has 5 aliphatic heterocycles. The van der Waals surface area contributed by atoms with Crippen molar-refractivity contribution in [1.29, 1.82) is 0 Å². The first-order valence-electron chi connectivity index (χ1n) is 20.7. The number of nitrogens with zero attached hydrogens (tertiary/aromatic N) is 4. The van der Waals surface area contributed by atoms with Crippen molar-refractivity contribution in [2.45, 2.75) is 87.6 Å². The maximum atomic E-state index is 15.3. The second kappa shape index (κ2) is 14.8. The van der Waals surface area contributed by atoms with E-state index in [1.807, 2.05) is 116 Å². The van der Waals surface area contributed by atoms with Crippen molar-refractivity contribution in [2.24, 2.45) is 5.92 Å². The minimum atomic E-state index is -3.11. The zero-order chi connectivity index (χ0) is 40.4. The number of carbonyl (C=O) groups is 3. The molecule has 0 bridgehead atoms. The molecule has 3 amide bonds. The van der Waals surface area contributed by atoms with E-state index in [4.69, 9.17) is 4.74 Å². The third kappa shape index (κ3) is 6.19. The molecule has 4 aromatic carbocycles. The van der Waals surface area contributed by atoms with Crippen LogP contribution in [0.4, 0.5) is 17.1 Å². The maximum Gasteiger partial charge on any atom is 0.264 e. The smallest absolute Gasteiger partial charge is 0.264 e. The highest BCUT2D eigenvalue weighted by Crippen LogP contribution is 2.60. The van der Waals surface area contributed by atoms with Gasteiger partial charge in [0.05, 0.1) is 44.1 Å². The Balaban J connectivity index is 1.11. The van der Waals surface area contributed by atoms with Gasteiger partial charge in [-0.2, -0.15) is 0 Å². The topological polar surface area (TPSA) is 126 Å². The quantitative estimate of drug-likeness (QED) is 0.205. The summed E-state index contributed by atoms with van der Waals surface area (Å²) in [5, 5.41) is 13.9. The second-order valence-corrected chi connectivity index (χ2v) is 21.4. The molecule has 0 aliphatic carbocycles. The van der Waals surface area contributed by atoms with Crippen LogP contribution in [0.2, 0.25) is 18.6 Å². The maximum absolute atomic E-state index is 15.3. The van der Waals surface area contributed by atoms with Crippen LogP contribution in [0.5, 0.6) is 0 Å². The van der Waals surface area contributed by atoms with Crippen molar-refractivity contribution in [1.82, 2.24) is 10.2 Å². The summed E-state index contributed by atoms with van der Waals surface area (Å²) < 4.78 is 7.16. The van der Waals surface area contributed by atoms with Crippen molar-refractivity contribution in [3.05, 3.63) is 125 Å². The molecule has 0 saturated carbocycles. The van der Waals surface area contributed by atoms with E-state index >= 15 is 4.79 Å². The number of para-hydroxylation sites is 1. The van der Waals surface area contributed by atoms with Crippen LogP contribution in [0.1, 0.15) is 48.4 Å². The lowest BCUT2D eigenvalue weighted by atomic mass is 9.82. The van der Waals surface area contributed by atoms with Crippen LogP contribution in [0.25, 0.3) is 0 Å². The van der Waals surface area contributed by atoms with Crippen LogP contribution < -0.4 is 20.0 Å². The molecule has 9 rings (SSSR count). The molecule has 5 atom stereocenters. The van der Waals surface area contributed by atoms with E-state index in [9.17, 15) is 19.5 Å². The predicted octanol–water partition coefficient (Wildman–Crippen LogP) is 5.30. The number of aliphatic hydroxyl groups excluding tert-OH is 1. The van der Waals surface area contributed by atoms with Gasteiger partial charge in [-0.05, 0) is 92.5 Å². The Kier molecular flexibility index (Phi) is 9.83. The van der Waals surface area contributed by atoms with Gasteiger partial charge in [-0.15, -0.1) is 0 Å². The molecular formula is C46H53N5O6Si. The molecule has 58 heavy (non-hydrogen) atoms. The zero-order valence-corrected chi connectivity index (χ0v) is 34.5. The summed E-state index contributed by atoms with van der Waals surface area (Å²) in [4.78, 5) is 64.2. The Morgan fingerprint density at radius 1 is 0.879 bits per heavy atom. The van der Waals surface area contributed by atoms with E-state index in [0.717, 1.165) is 35.5 Å². The molecule has 0 unspecified atom stereocenters. The van der Waals surface area contributed by atoms with Crippen LogP contribution in [-0.2, 0) is 44.2 Å². The first kappa shape index (κ1) is 38.7. The van der Waals surface area contributed by atoms with Gasteiger partial charge in [0.15, 0.2) is 13.9 Å². The second-order valence-electron chi connectivity index (χ2n) is 17.4. The van der Waals surface area contributed by atoms with E-state index < -0.39 is 37.0 Å². The molecule has 3 saturated heterocycles. The standard InChI is InChI=1S/C46H53N5O6Si/c1-31-42(58(2,3)56)40(26-41(53)48-28-34-15-11-10-14-33(34)24-37(48)29-52)57-46(31)38-25-36(18-19-39(38)49(44(46)55)27-32-12-6-4-7-13-32)50-30-51(35-16-8-5-9-17-35)45(43(50)54)20-22-47-23-21-45/h4-19,25,31,37,40,42,47,52,56H,20-24,26-30H2,1-3H3/t31-,37-,40+,42-,46+/m0/s1. The van der Waals surface area contributed by atoms with Crippen LogP contribution in [0, 0.1) is 5.92 Å². The highest BCUT2D eigenvalue weighted by atomic mass is 28.4. The van der Waals surface area contributed by atoms with Crippen molar-refractivity contribution < 1.29 is 29.0 Å². The largest absolute Gasteiger partial charge is 0.432 e. The summed E-state index contributed by atoms with van der Waals surface area (Å²) in [5.74, 6) is -0.879. The Morgan fingerprint density at radius 2 is 1.55 bits per heavy atom. The number of rotatable bonds is 8. The number of amides is 3. The van der Waals surface area contributed by atoms with Gasteiger partial charge in [-0.25, -0.2) is 0 Å². The normalized spacial score (nSPS) is 26.5. The molecule has 4 aromatic rings. The third-order valence-electron chi connectivity index (χ3n) is 13.7. The molecule has 0 aromatic heterocycles. The number of ether oxygens (including phenoxy) is 1. The number of anilines is 3. The number of aliphatic hydroxyl groups is 1. The van der Waals surface area contributed by atoms with Crippen molar-refractivity contribution in [3.8, 4) is 0 Å². The fraction of sp³-hybridized carbons (Fsp3) is 0.413. The average molecular weight is 800 g/mol. The minimum Gasteiger partial charge on any atom is -0.432 e. The van der Waals surface area contributed by atoms with Crippen LogP contribution in [0.3, 0.4) is 0 Å². The Bertz CT molecular complexity index is 2210. The highest BCUT2D eigenvalue weighted by Gasteiger charge is 2.67. The molecular weight excluding hydrogens is 747 g/mol. The summed E-state index contributed by atoms with van der Waals surface area (Å²) in [6.07, 6.45) is 1.08. The number of benzene rings is 4. The van der Waals surface area contributed by atoms with Crippen LogP contribution >= 0.6 is 0 Å². The first-order valence-corrected chi connectivity index (χ1v) is 23.7. The molecule has 5 heterocycles. The Morgan fingerprint density at radius 3 is 2.24 bits per heavy atom. The molecule has 11 nitrogen and oxygen atoms in total. The lowest BCUT2D eigenvalue weighted by Crippen LogP contribution is -2.55. The summed E-state index contributed by atoms with van der Waals surface area (Å²) in [5.41, 5.74) is 3.44. The van der Waals surface area contributed by atoms with E-state index in [1.165, 1.54) is 0 Å². The SMILES string of the molecule is C[C@H]1[C@H]([Si](C)(C)O)[C@@H](CC(=O)N2Cc3ccccc3C[C@H]2CO)O[C@]12C(=O)N(Cc1ccccc1)c1ccc(N3CN(c4ccccc4)C4(CCNCC4)C3=O)cc12. The van der Waals surface area contributed by atoms with Gasteiger partial charge in [0.1, 0.15) is 5.54 Å². The molecule has 5 aliphatic rings. The molecule has 12 heteroatoms. The Hall–Kier alpha value is -4.85. The molecule has 2 spiro atoms. The number of piperidine rings is 1. The van der Waals surface area contributed by atoms with E-state index in [2.05, 4.69) is 22.3 Å². The summed E-state index contributed by atoms with van der Waals surface area (Å²) in [6, 6.07) is 33.4. The van der Waals surface area contributed by atoms with Crippen molar-refractivity contribution in [3.63, 3.8) is 0 Å². The summed E-state index contributed by atoms with van der Waals surface area (Å²) >= 11 is 0. The lowest BCUT2D eigenvalue weighted by molar-refractivity contribution is -0.151. The number of hydrogen-bond donors (Lipinski definition) is 3. The van der Waals surface area contributed by atoms with Crippen molar-refractivity contribution >= 4 is 43.1 Å². The summed E-state index contributed by atoms with van der Waals surface area (Å²) in [6.45, 7) is 8.03. The number of fused-ring (bicyclic) bond motifs is 3. The van der Waals surface area contributed by atoms with E-state index in [0.29, 0.717) is 56.0 Å². The number of carbonyl (C=O) groups excluding carboxylic acids is 3. The van der Waals surface area contributed by atoms with Crippen LogP contribution in [-0.4, -0.2) is 84.9 Å². The van der Waals surface area contributed by atoms with Crippen molar-refractivity contribution in [2.75, 3.05) is 41.1 Å². The van der Waals surface area contributed by atoms with Gasteiger partial charge in [0.2, 0.25) is 5.91 Å². The molecule has 3 N–H and O–H groups in total. The molecule has 302 valence electrons. The first-order chi connectivity index (χ1) is 28.0. The van der Waals surface area contributed by atoms with Gasteiger partial charge in [-0.3, -0.25) is 19.3 Å². The van der Waals surface area contributed by atoms with Gasteiger partial charge < -0.3 is 34.7 Å². The minimum absolute atomic E-state index is 0.0319. The predicted molar refractivity (Wildman–Crippen MR) is 226 cm³/mol. The fourth-order valence-corrected chi connectivity index (χ4v) is 13.4. The van der Waals surface area contributed by atoms with E-state index in [1.54, 1.807) is 9.80 Å². The average Bonchev–Trinajstić information content (AvgIpc) is 3.78. The van der Waals surface area contributed by atoms with Gasteiger partial charge in [0.25, 0.3) is 11.8 Å². The fourth-order valence-electron chi connectivity index (χ4n) is 10.9. The lowest BCUT2D eigenvalue weighted by Gasteiger charge is -2.39. The summed E-state index contributed by atoms with van der Waals surface area (Å²) in [7, 11) is -3.11. The van der Waals surface area contributed by atoms with Crippen LogP contribution in [0.15, 0.2) is 103 Å². The van der Waals surface area contributed by atoms with E-state index in [-0.39, 0.29) is 36.8 Å². The molecule has 3 fully saturated rings. The Labute approximate surface area is 341 Å². The number of hydrogen-bond acceptors (Lipinski definition) is 8. The van der Waals surface area contributed by atoms with Gasteiger partial charge in [0, 0.05) is 34.9 Å². The monoisotopic (exact) mass is 799 g/mol.